The molecular weight excluding hydrogens is 338 g/mol. The van der Waals surface area contributed by atoms with Crippen LogP contribution in [-0.2, 0) is 6.54 Å². The maximum absolute atomic E-state index is 12.1. The van der Waals surface area contributed by atoms with Gasteiger partial charge in [0.25, 0.3) is 5.91 Å². The number of nitrogens with zero attached hydrogens (tertiary/aromatic N) is 2. The van der Waals surface area contributed by atoms with Crippen molar-refractivity contribution in [3.63, 3.8) is 0 Å². The minimum Gasteiger partial charge on any atom is -0.436 e. The van der Waals surface area contributed by atoms with Crippen LogP contribution in [0.5, 0.6) is 0 Å². The minimum absolute atomic E-state index is 0.142. The normalized spacial score (nSPS) is 10.9. The van der Waals surface area contributed by atoms with Crippen LogP contribution < -0.4 is 5.32 Å². The third kappa shape index (κ3) is 3.58. The number of carbonyl (C=O) groups excluding carboxylic acids is 1. The van der Waals surface area contributed by atoms with Crippen molar-refractivity contribution in [3.05, 3.63) is 83.2 Å². The fourth-order valence-electron chi connectivity index (χ4n) is 2.85. The molecule has 0 aliphatic carbocycles. The van der Waals surface area contributed by atoms with Crippen molar-refractivity contribution in [1.29, 1.82) is 0 Å². The molecule has 0 fully saturated rings. The molecule has 2 aromatic heterocycles. The zero-order valence-corrected chi connectivity index (χ0v) is 15.2. The summed E-state index contributed by atoms with van der Waals surface area (Å²) in [5.74, 6) is 0.456. The number of hydrogen-bond donors (Lipinski definition) is 1. The fourth-order valence-corrected chi connectivity index (χ4v) is 2.85. The lowest BCUT2D eigenvalue weighted by molar-refractivity contribution is 0.0950. The Morgan fingerprint density at radius 2 is 1.85 bits per heavy atom. The topological polar surface area (TPSA) is 68.0 Å². The van der Waals surface area contributed by atoms with Gasteiger partial charge in [0.05, 0.1) is 5.56 Å². The van der Waals surface area contributed by atoms with Gasteiger partial charge >= 0.3 is 0 Å². The van der Waals surface area contributed by atoms with Crippen LogP contribution in [0.2, 0.25) is 0 Å². The molecule has 0 spiro atoms. The Morgan fingerprint density at radius 1 is 1.07 bits per heavy atom. The summed E-state index contributed by atoms with van der Waals surface area (Å²) in [6.45, 7) is 4.57. The van der Waals surface area contributed by atoms with E-state index in [0.717, 1.165) is 22.2 Å². The molecule has 5 nitrogen and oxygen atoms in total. The van der Waals surface area contributed by atoms with Gasteiger partial charge in [-0.15, -0.1) is 0 Å². The molecule has 2 aromatic carbocycles. The molecule has 0 unspecified atom stereocenters. The summed E-state index contributed by atoms with van der Waals surface area (Å²) in [6.07, 6.45) is 3.19. The van der Waals surface area contributed by atoms with Crippen LogP contribution in [0.4, 0.5) is 0 Å². The number of nitrogens with one attached hydrogen (secondary N) is 1. The Bertz CT molecular complexity index is 1060. The van der Waals surface area contributed by atoms with E-state index >= 15 is 0 Å². The Balaban J connectivity index is 1.48. The molecule has 0 atom stereocenters. The largest absolute Gasteiger partial charge is 0.436 e. The SMILES string of the molecule is Cc1cc2nc(-c3ccc(CNC(=O)c4cccnc4)cc3)oc2cc1C. The molecule has 0 saturated heterocycles. The summed E-state index contributed by atoms with van der Waals surface area (Å²) in [4.78, 5) is 20.6. The fraction of sp³-hybridized carbons (Fsp3) is 0.136. The second-order valence-corrected chi connectivity index (χ2v) is 6.54. The summed E-state index contributed by atoms with van der Waals surface area (Å²) in [6, 6.07) is 15.4. The van der Waals surface area contributed by atoms with Crippen molar-refractivity contribution in [2.24, 2.45) is 0 Å². The molecule has 0 saturated carbocycles. The molecule has 27 heavy (non-hydrogen) atoms. The highest BCUT2D eigenvalue weighted by Gasteiger charge is 2.10. The highest BCUT2D eigenvalue weighted by molar-refractivity contribution is 5.93. The maximum atomic E-state index is 12.1. The van der Waals surface area contributed by atoms with Crippen LogP contribution in [0.1, 0.15) is 27.0 Å². The lowest BCUT2D eigenvalue weighted by atomic mass is 10.1. The number of pyridine rings is 1. The number of carbonyl (C=O) groups is 1. The lowest BCUT2D eigenvalue weighted by Crippen LogP contribution is -2.22. The summed E-state index contributed by atoms with van der Waals surface area (Å²) in [5, 5.41) is 2.89. The van der Waals surface area contributed by atoms with Crippen molar-refractivity contribution in [3.8, 4) is 11.5 Å². The Kier molecular flexibility index (Phi) is 4.42. The molecule has 134 valence electrons. The highest BCUT2D eigenvalue weighted by atomic mass is 16.3. The number of fused-ring (bicyclic) bond motifs is 1. The molecule has 0 bridgehead atoms. The van der Waals surface area contributed by atoms with E-state index < -0.39 is 0 Å². The average Bonchev–Trinajstić information content (AvgIpc) is 3.10. The molecule has 1 amide bonds. The second kappa shape index (κ2) is 7.03. The van der Waals surface area contributed by atoms with Gasteiger partial charge in [-0.3, -0.25) is 9.78 Å². The first kappa shape index (κ1) is 17.0. The molecule has 4 rings (SSSR count). The Hall–Kier alpha value is -3.47. The van der Waals surface area contributed by atoms with Crippen molar-refractivity contribution in [2.75, 3.05) is 0 Å². The standard InChI is InChI=1S/C22H19N3O2/c1-14-10-19-20(11-15(14)2)27-22(25-19)17-7-5-16(6-8-17)12-24-21(26)18-4-3-9-23-13-18/h3-11,13H,12H2,1-2H3,(H,24,26). The molecule has 1 N–H and O–H groups in total. The smallest absolute Gasteiger partial charge is 0.253 e. The van der Waals surface area contributed by atoms with Crippen molar-refractivity contribution in [2.45, 2.75) is 20.4 Å². The van der Waals surface area contributed by atoms with Crippen LogP contribution in [-0.4, -0.2) is 15.9 Å². The van der Waals surface area contributed by atoms with Gasteiger partial charge in [-0.2, -0.15) is 0 Å². The minimum atomic E-state index is -0.142. The van der Waals surface area contributed by atoms with Gasteiger partial charge in [0.15, 0.2) is 5.58 Å². The lowest BCUT2D eigenvalue weighted by Gasteiger charge is -2.05. The third-order valence-electron chi connectivity index (χ3n) is 4.58. The van der Waals surface area contributed by atoms with Crippen LogP contribution in [0.3, 0.4) is 0 Å². The first-order chi connectivity index (χ1) is 13.1. The molecule has 2 heterocycles. The van der Waals surface area contributed by atoms with E-state index in [0.29, 0.717) is 18.0 Å². The summed E-state index contributed by atoms with van der Waals surface area (Å²) in [5.41, 5.74) is 6.49. The van der Waals surface area contributed by atoms with Gasteiger partial charge in [-0.05, 0) is 66.9 Å². The molecule has 0 radical (unpaired) electrons. The zero-order valence-electron chi connectivity index (χ0n) is 15.2. The number of aryl methyl sites for hydroxylation is 2. The molecule has 5 heteroatoms. The van der Waals surface area contributed by atoms with Gasteiger partial charge < -0.3 is 9.73 Å². The van der Waals surface area contributed by atoms with Crippen LogP contribution in [0.15, 0.2) is 65.3 Å². The van der Waals surface area contributed by atoms with Gasteiger partial charge in [0, 0.05) is 24.5 Å². The Morgan fingerprint density at radius 3 is 2.59 bits per heavy atom. The van der Waals surface area contributed by atoms with Gasteiger partial charge in [-0.25, -0.2) is 4.98 Å². The number of benzene rings is 2. The van der Waals surface area contributed by atoms with E-state index in [1.807, 2.05) is 36.4 Å². The quantitative estimate of drug-likeness (QED) is 0.586. The molecule has 0 aliphatic rings. The number of amides is 1. The van der Waals surface area contributed by atoms with Crippen LogP contribution in [0.25, 0.3) is 22.6 Å². The second-order valence-electron chi connectivity index (χ2n) is 6.54. The summed E-state index contributed by atoms with van der Waals surface area (Å²) < 4.78 is 5.90. The van der Waals surface area contributed by atoms with Crippen LogP contribution >= 0.6 is 0 Å². The number of hydrogen-bond acceptors (Lipinski definition) is 4. The maximum Gasteiger partial charge on any atom is 0.253 e. The van der Waals surface area contributed by atoms with E-state index in [1.54, 1.807) is 24.5 Å². The molecular formula is C22H19N3O2. The van der Waals surface area contributed by atoms with Crippen molar-refractivity contribution in [1.82, 2.24) is 15.3 Å². The van der Waals surface area contributed by atoms with Crippen molar-refractivity contribution >= 4 is 17.0 Å². The molecule has 0 aliphatic heterocycles. The third-order valence-corrected chi connectivity index (χ3v) is 4.58. The number of oxazole rings is 1. The van der Waals surface area contributed by atoms with Gasteiger partial charge in [0.2, 0.25) is 5.89 Å². The first-order valence-electron chi connectivity index (χ1n) is 8.75. The Labute approximate surface area is 157 Å². The average molecular weight is 357 g/mol. The van der Waals surface area contributed by atoms with E-state index in [2.05, 4.69) is 29.1 Å². The van der Waals surface area contributed by atoms with Gasteiger partial charge in [-0.1, -0.05) is 12.1 Å². The number of rotatable bonds is 4. The molecule has 4 aromatic rings. The summed E-state index contributed by atoms with van der Waals surface area (Å²) >= 11 is 0. The monoisotopic (exact) mass is 357 g/mol. The van der Waals surface area contributed by atoms with Crippen molar-refractivity contribution < 1.29 is 9.21 Å². The van der Waals surface area contributed by atoms with E-state index in [-0.39, 0.29) is 5.91 Å². The van der Waals surface area contributed by atoms with E-state index in [1.165, 1.54) is 11.1 Å². The van der Waals surface area contributed by atoms with E-state index in [9.17, 15) is 4.79 Å². The first-order valence-corrected chi connectivity index (χ1v) is 8.75. The van der Waals surface area contributed by atoms with Crippen LogP contribution in [0, 0.1) is 13.8 Å². The predicted molar refractivity (Wildman–Crippen MR) is 104 cm³/mol. The predicted octanol–water partition coefficient (Wildman–Crippen LogP) is 4.44. The highest BCUT2D eigenvalue weighted by Crippen LogP contribution is 2.26. The van der Waals surface area contributed by atoms with E-state index in [4.69, 9.17) is 4.42 Å². The summed E-state index contributed by atoms with van der Waals surface area (Å²) in [7, 11) is 0. The van der Waals surface area contributed by atoms with Gasteiger partial charge in [0.1, 0.15) is 5.52 Å². The zero-order chi connectivity index (χ0) is 18.8. The number of aromatic nitrogens is 2.